The molecule has 0 bridgehead atoms. The zero-order chi connectivity index (χ0) is 44.3. The highest BCUT2D eigenvalue weighted by Crippen LogP contribution is 2.45. The number of hydrogen-bond acceptors (Lipinski definition) is 3. The van der Waals surface area contributed by atoms with Crippen LogP contribution in [-0.4, -0.2) is 29.3 Å². The molecule has 10 rings (SSSR count). The number of rotatable bonds is 5. The smallest absolute Gasteiger partial charge is 0.146 e. The summed E-state index contributed by atoms with van der Waals surface area (Å²) >= 11 is 0. The maximum absolute atomic E-state index is 5.69. The van der Waals surface area contributed by atoms with E-state index in [0.29, 0.717) is 0 Å². The standard InChI is InChI=1S/C57H56N6/c1-32-25-34(3)50(35(4)26-32)52-53(60-61-54(52)51-36(5)27-33(2)28-37(51)6)45-21-20-43-44-29-38(56(7,8)9)17-22-47(44)62(55(43)59-45)40-18-19-42-41-15-13-14-16-46(41)63(48(42)31-40)49-30-39(23-24-58-49)57(10,11)12/h13-31H,1-12H3,(H,60,61). The SMILES string of the molecule is Cc1cc(C)c(-c2n[nH]c(-c3ccc4c5cc(C(C)(C)C)ccc5n(-c5ccc6c7ccccc7n(-c7cc(C(C)(C)C)ccn7)c6c5)c4n3)c2-c2c(C)cc(C)cc2C)c(C)c1. The Bertz CT molecular complexity index is 3440. The first kappa shape index (κ1) is 40.3. The number of benzene rings is 5. The van der Waals surface area contributed by atoms with Gasteiger partial charge in [-0.3, -0.25) is 14.2 Å². The Morgan fingerprint density at radius 3 is 1.78 bits per heavy atom. The van der Waals surface area contributed by atoms with Crippen molar-refractivity contribution in [1.82, 2.24) is 29.3 Å². The minimum atomic E-state index is -0.0262. The topological polar surface area (TPSA) is 64.3 Å². The van der Waals surface area contributed by atoms with Gasteiger partial charge in [0.15, 0.2) is 0 Å². The third kappa shape index (κ3) is 6.57. The monoisotopic (exact) mass is 824 g/mol. The van der Waals surface area contributed by atoms with Crippen LogP contribution in [0, 0.1) is 41.5 Å². The van der Waals surface area contributed by atoms with Crippen LogP contribution < -0.4 is 0 Å². The summed E-state index contributed by atoms with van der Waals surface area (Å²) in [5.41, 5.74) is 21.2. The third-order valence-electron chi connectivity index (χ3n) is 13.1. The number of nitrogens with one attached hydrogen (secondary N) is 1. The molecular formula is C57H56N6. The molecule has 5 aromatic heterocycles. The fourth-order valence-corrected chi connectivity index (χ4v) is 10.2. The fraction of sp³-hybridized carbons (Fsp3) is 0.246. The van der Waals surface area contributed by atoms with Crippen molar-refractivity contribution in [3.05, 3.63) is 160 Å². The third-order valence-corrected chi connectivity index (χ3v) is 13.1. The predicted octanol–water partition coefficient (Wildman–Crippen LogP) is 14.8. The highest BCUT2D eigenvalue weighted by molar-refractivity contribution is 6.12. The zero-order valence-corrected chi connectivity index (χ0v) is 38.7. The Labute approximate surface area is 370 Å². The van der Waals surface area contributed by atoms with E-state index >= 15 is 0 Å². The maximum atomic E-state index is 5.69. The van der Waals surface area contributed by atoms with Gasteiger partial charge in [0.05, 0.1) is 27.9 Å². The fourth-order valence-electron chi connectivity index (χ4n) is 10.2. The molecule has 0 aliphatic rings. The molecule has 0 aliphatic heterocycles. The number of aromatic nitrogens is 6. The van der Waals surface area contributed by atoms with Crippen LogP contribution in [0.15, 0.2) is 115 Å². The number of aromatic amines is 1. The lowest BCUT2D eigenvalue weighted by Crippen LogP contribution is -2.12. The second-order valence-electron chi connectivity index (χ2n) is 20.0. The van der Waals surface area contributed by atoms with Gasteiger partial charge in [0.25, 0.3) is 0 Å². The molecule has 0 aliphatic carbocycles. The van der Waals surface area contributed by atoms with Crippen LogP contribution in [-0.2, 0) is 10.8 Å². The van der Waals surface area contributed by atoms with E-state index in [-0.39, 0.29) is 10.8 Å². The van der Waals surface area contributed by atoms with E-state index in [1.54, 1.807) is 0 Å². The van der Waals surface area contributed by atoms with Crippen LogP contribution in [0.4, 0.5) is 0 Å². The van der Waals surface area contributed by atoms with Crippen molar-refractivity contribution in [1.29, 1.82) is 0 Å². The van der Waals surface area contributed by atoms with Gasteiger partial charge in [0, 0.05) is 44.6 Å². The van der Waals surface area contributed by atoms with Gasteiger partial charge in [-0.2, -0.15) is 5.10 Å². The summed E-state index contributed by atoms with van der Waals surface area (Å²) in [5, 5.41) is 13.4. The molecule has 5 aromatic carbocycles. The van der Waals surface area contributed by atoms with Crippen molar-refractivity contribution < 1.29 is 0 Å². The molecule has 6 heteroatoms. The Balaban J connectivity index is 1.27. The van der Waals surface area contributed by atoms with Gasteiger partial charge in [-0.25, -0.2) is 9.97 Å². The van der Waals surface area contributed by atoms with Crippen molar-refractivity contribution in [2.24, 2.45) is 0 Å². The number of nitrogens with zero attached hydrogens (tertiary/aromatic N) is 5. The molecule has 0 saturated heterocycles. The highest BCUT2D eigenvalue weighted by atomic mass is 15.1. The molecule has 6 nitrogen and oxygen atoms in total. The molecule has 0 radical (unpaired) electrons. The molecule has 0 atom stereocenters. The van der Waals surface area contributed by atoms with Crippen molar-refractivity contribution in [3.63, 3.8) is 0 Å². The average molecular weight is 825 g/mol. The molecule has 5 heterocycles. The summed E-state index contributed by atoms with van der Waals surface area (Å²) in [7, 11) is 0. The number of H-pyrrole nitrogens is 1. The molecule has 0 saturated carbocycles. The summed E-state index contributed by atoms with van der Waals surface area (Å²) in [5.74, 6) is 0.909. The van der Waals surface area contributed by atoms with Crippen LogP contribution in [0.25, 0.3) is 89.0 Å². The van der Waals surface area contributed by atoms with Gasteiger partial charge in [-0.15, -0.1) is 0 Å². The van der Waals surface area contributed by atoms with E-state index in [1.165, 1.54) is 66.2 Å². The molecule has 10 aromatic rings. The lowest BCUT2D eigenvalue weighted by molar-refractivity contribution is 0.588. The molecule has 0 spiro atoms. The Hall–Kier alpha value is -6.79. The van der Waals surface area contributed by atoms with Gasteiger partial charge >= 0.3 is 0 Å². The van der Waals surface area contributed by atoms with E-state index in [4.69, 9.17) is 15.1 Å². The number of para-hydroxylation sites is 1. The van der Waals surface area contributed by atoms with Crippen LogP contribution in [0.3, 0.4) is 0 Å². The summed E-state index contributed by atoms with van der Waals surface area (Å²) in [6.07, 6.45) is 1.95. The molecule has 0 unspecified atom stereocenters. The lowest BCUT2D eigenvalue weighted by Gasteiger charge is -2.20. The lowest BCUT2D eigenvalue weighted by atomic mass is 9.86. The molecule has 1 N–H and O–H groups in total. The Morgan fingerprint density at radius 1 is 0.492 bits per heavy atom. The zero-order valence-electron chi connectivity index (χ0n) is 38.7. The van der Waals surface area contributed by atoms with E-state index in [0.717, 1.165) is 67.3 Å². The van der Waals surface area contributed by atoms with Gasteiger partial charge in [-0.05, 0) is 146 Å². The van der Waals surface area contributed by atoms with Gasteiger partial charge in [0.1, 0.15) is 17.2 Å². The van der Waals surface area contributed by atoms with E-state index < -0.39 is 0 Å². The van der Waals surface area contributed by atoms with Gasteiger partial charge < -0.3 is 0 Å². The molecule has 63 heavy (non-hydrogen) atoms. The molecule has 0 fully saturated rings. The first-order valence-corrected chi connectivity index (χ1v) is 22.2. The second-order valence-corrected chi connectivity index (χ2v) is 20.0. The van der Waals surface area contributed by atoms with Gasteiger partial charge in [0.2, 0.25) is 0 Å². The average Bonchev–Trinajstić information content (AvgIpc) is 3.89. The largest absolute Gasteiger partial charge is 0.294 e. The van der Waals surface area contributed by atoms with Crippen molar-refractivity contribution in [2.75, 3.05) is 0 Å². The molecule has 314 valence electrons. The minimum Gasteiger partial charge on any atom is -0.294 e. The first-order chi connectivity index (χ1) is 30.0. The number of hydrogen-bond donors (Lipinski definition) is 1. The maximum Gasteiger partial charge on any atom is 0.146 e. The van der Waals surface area contributed by atoms with E-state index in [1.807, 2.05) is 6.20 Å². The predicted molar refractivity (Wildman–Crippen MR) is 265 cm³/mol. The molecular weight excluding hydrogens is 769 g/mol. The van der Waals surface area contributed by atoms with E-state index in [2.05, 4.69) is 207 Å². The summed E-state index contributed by atoms with van der Waals surface area (Å²) < 4.78 is 4.68. The summed E-state index contributed by atoms with van der Waals surface area (Å²) in [6, 6.07) is 40.4. The Morgan fingerprint density at radius 2 is 1.10 bits per heavy atom. The normalized spacial score (nSPS) is 12.4. The van der Waals surface area contributed by atoms with Crippen LogP contribution in [0.5, 0.6) is 0 Å². The van der Waals surface area contributed by atoms with Crippen LogP contribution in [0.1, 0.15) is 86.1 Å². The van der Waals surface area contributed by atoms with Crippen LogP contribution >= 0.6 is 0 Å². The number of aryl methyl sites for hydroxylation is 6. The minimum absolute atomic E-state index is 0.0240. The van der Waals surface area contributed by atoms with Gasteiger partial charge in [-0.1, -0.05) is 107 Å². The summed E-state index contributed by atoms with van der Waals surface area (Å²) in [4.78, 5) is 10.7. The highest BCUT2D eigenvalue weighted by Gasteiger charge is 2.27. The second kappa shape index (κ2) is 14.4. The quantitative estimate of drug-likeness (QED) is 0.188. The van der Waals surface area contributed by atoms with Crippen LogP contribution in [0.2, 0.25) is 0 Å². The number of fused-ring (bicyclic) bond motifs is 6. The van der Waals surface area contributed by atoms with E-state index in [9.17, 15) is 0 Å². The first-order valence-electron chi connectivity index (χ1n) is 22.2. The summed E-state index contributed by atoms with van der Waals surface area (Å²) in [6.45, 7) is 26.8. The molecule has 0 amide bonds. The van der Waals surface area contributed by atoms with Crippen molar-refractivity contribution >= 4 is 43.7 Å². The van der Waals surface area contributed by atoms with Crippen molar-refractivity contribution in [2.45, 2.75) is 93.9 Å². The number of pyridine rings is 2. The van der Waals surface area contributed by atoms with Crippen molar-refractivity contribution in [3.8, 4) is 45.3 Å². The Kier molecular flexibility index (Phi) is 9.20.